The summed E-state index contributed by atoms with van der Waals surface area (Å²) in [7, 11) is 1.88. The lowest BCUT2D eigenvalue weighted by atomic mass is 10.5. The number of thiophene rings is 1. The minimum absolute atomic E-state index is 0.575. The van der Waals surface area contributed by atoms with E-state index >= 15 is 0 Å². The van der Waals surface area contributed by atoms with Crippen LogP contribution in [0.3, 0.4) is 0 Å². The van der Waals surface area contributed by atoms with E-state index in [4.69, 9.17) is 4.74 Å². The predicted octanol–water partition coefficient (Wildman–Crippen LogP) is 1.90. The Hall–Kier alpha value is -0.980. The van der Waals surface area contributed by atoms with Gasteiger partial charge in [-0.3, -0.25) is 0 Å². The van der Waals surface area contributed by atoms with Gasteiger partial charge < -0.3 is 10.1 Å². The van der Waals surface area contributed by atoms with Crippen LogP contribution in [-0.4, -0.2) is 17.2 Å². The fraction of sp³-hybridized carbons (Fsp3) is 0.333. The van der Waals surface area contributed by atoms with Crippen molar-refractivity contribution in [3.8, 4) is 5.19 Å². The molecule has 80 valence electrons. The first-order chi connectivity index (χ1) is 7.38. The molecule has 0 saturated heterocycles. The van der Waals surface area contributed by atoms with E-state index in [-0.39, 0.29) is 0 Å². The van der Waals surface area contributed by atoms with E-state index in [1.54, 1.807) is 11.3 Å². The van der Waals surface area contributed by atoms with Gasteiger partial charge in [-0.2, -0.15) is 0 Å². The summed E-state index contributed by atoms with van der Waals surface area (Å²) in [5.41, 5.74) is 0. The molecule has 0 aliphatic carbocycles. The van der Waals surface area contributed by atoms with Crippen molar-refractivity contribution in [3.05, 3.63) is 27.4 Å². The first-order valence-corrected chi connectivity index (χ1v) is 6.20. The Balaban J connectivity index is 1.88. The van der Waals surface area contributed by atoms with Gasteiger partial charge >= 0.3 is 0 Å². The predicted molar refractivity (Wildman–Crippen MR) is 61.3 cm³/mol. The Morgan fingerprint density at radius 1 is 1.47 bits per heavy atom. The molecule has 1 N–H and O–H groups in total. The number of aromatic nitrogens is 2. The molecule has 15 heavy (non-hydrogen) atoms. The Morgan fingerprint density at radius 3 is 3.13 bits per heavy atom. The first kappa shape index (κ1) is 10.5. The number of hydrogen-bond acceptors (Lipinski definition) is 6. The molecule has 2 heterocycles. The minimum atomic E-state index is 0.575. The zero-order valence-corrected chi connectivity index (χ0v) is 9.90. The summed E-state index contributed by atoms with van der Waals surface area (Å²) >= 11 is 3.16. The third-order valence-electron chi connectivity index (χ3n) is 1.69. The average Bonchev–Trinajstić information content (AvgIpc) is 2.85. The van der Waals surface area contributed by atoms with Crippen LogP contribution in [0.4, 0.5) is 0 Å². The summed E-state index contributed by atoms with van der Waals surface area (Å²) in [5, 5.41) is 14.6. The molecule has 2 aromatic rings. The molecule has 0 unspecified atom stereocenters. The molecule has 6 heteroatoms. The Labute approximate surface area is 95.9 Å². The highest BCUT2D eigenvalue weighted by atomic mass is 32.1. The van der Waals surface area contributed by atoms with Crippen molar-refractivity contribution < 1.29 is 4.74 Å². The molecule has 0 atom stereocenters. The number of rotatable bonds is 5. The molecule has 0 fully saturated rings. The standard InChI is InChI=1S/C9H11N3OS2/c1-10-5-8-11-12-9(15-8)13-6-7-3-2-4-14-7/h2-4,10H,5-6H2,1H3. The van der Waals surface area contributed by atoms with Gasteiger partial charge in [0.05, 0.1) is 0 Å². The van der Waals surface area contributed by atoms with Gasteiger partial charge in [0.15, 0.2) is 0 Å². The summed E-state index contributed by atoms with van der Waals surface area (Å²) in [6.45, 7) is 1.31. The topological polar surface area (TPSA) is 47.0 Å². The molecule has 0 aliphatic rings. The SMILES string of the molecule is CNCc1nnc(OCc2cccs2)s1. The van der Waals surface area contributed by atoms with Crippen LogP contribution >= 0.6 is 22.7 Å². The molecule has 0 aliphatic heterocycles. The van der Waals surface area contributed by atoms with E-state index < -0.39 is 0 Å². The normalized spacial score (nSPS) is 10.5. The first-order valence-electron chi connectivity index (χ1n) is 4.50. The molecule has 0 radical (unpaired) electrons. The molecular formula is C9H11N3OS2. The summed E-state index contributed by atoms with van der Waals surface area (Å²) in [6, 6.07) is 4.05. The molecule has 0 bridgehead atoms. The van der Waals surface area contributed by atoms with Crippen LogP contribution in [0.15, 0.2) is 17.5 Å². The van der Waals surface area contributed by atoms with E-state index in [1.165, 1.54) is 16.2 Å². The zero-order valence-electron chi connectivity index (χ0n) is 8.27. The van der Waals surface area contributed by atoms with Crippen molar-refractivity contribution in [3.63, 3.8) is 0 Å². The minimum Gasteiger partial charge on any atom is -0.463 e. The summed E-state index contributed by atoms with van der Waals surface area (Å²) in [6.07, 6.45) is 0. The van der Waals surface area contributed by atoms with Gasteiger partial charge in [-0.1, -0.05) is 22.5 Å². The number of nitrogens with one attached hydrogen (secondary N) is 1. The Bertz CT molecular complexity index is 399. The quantitative estimate of drug-likeness (QED) is 0.868. The maximum absolute atomic E-state index is 5.50. The molecule has 0 aromatic carbocycles. The van der Waals surface area contributed by atoms with E-state index in [9.17, 15) is 0 Å². The Kier molecular flexibility index (Phi) is 3.65. The average molecular weight is 241 g/mol. The summed E-state index contributed by atoms with van der Waals surface area (Å²) in [5.74, 6) is 0. The monoisotopic (exact) mass is 241 g/mol. The molecule has 2 aromatic heterocycles. The molecule has 2 rings (SSSR count). The second-order valence-corrected chi connectivity index (χ2v) is 4.92. The highest BCUT2D eigenvalue weighted by molar-refractivity contribution is 7.13. The van der Waals surface area contributed by atoms with Crippen molar-refractivity contribution >= 4 is 22.7 Å². The zero-order chi connectivity index (χ0) is 10.5. The van der Waals surface area contributed by atoms with E-state index in [0.717, 1.165) is 11.6 Å². The van der Waals surface area contributed by atoms with E-state index in [1.807, 2.05) is 24.6 Å². The molecular weight excluding hydrogens is 230 g/mol. The number of hydrogen-bond donors (Lipinski definition) is 1. The van der Waals surface area contributed by atoms with Gasteiger partial charge in [0.2, 0.25) is 0 Å². The third-order valence-corrected chi connectivity index (χ3v) is 3.38. The van der Waals surface area contributed by atoms with E-state index in [2.05, 4.69) is 15.5 Å². The lowest BCUT2D eigenvalue weighted by Crippen LogP contribution is -2.04. The summed E-state index contributed by atoms with van der Waals surface area (Å²) in [4.78, 5) is 1.19. The number of nitrogens with zero attached hydrogens (tertiary/aromatic N) is 2. The van der Waals surface area contributed by atoms with Crippen LogP contribution in [0.1, 0.15) is 9.88 Å². The van der Waals surface area contributed by atoms with Crippen molar-refractivity contribution in [2.45, 2.75) is 13.2 Å². The lowest BCUT2D eigenvalue weighted by molar-refractivity contribution is 0.305. The molecule has 0 spiro atoms. The fourth-order valence-electron chi connectivity index (χ4n) is 1.05. The van der Waals surface area contributed by atoms with Crippen LogP contribution in [0.2, 0.25) is 0 Å². The second kappa shape index (κ2) is 5.20. The Morgan fingerprint density at radius 2 is 2.40 bits per heavy atom. The van der Waals surface area contributed by atoms with Crippen molar-refractivity contribution in [1.82, 2.24) is 15.5 Å². The highest BCUT2D eigenvalue weighted by Gasteiger charge is 2.04. The second-order valence-electron chi connectivity index (χ2n) is 2.86. The maximum Gasteiger partial charge on any atom is 0.294 e. The number of ether oxygens (including phenoxy) is 1. The van der Waals surface area contributed by atoms with Gasteiger partial charge in [-0.25, -0.2) is 0 Å². The molecule has 0 saturated carbocycles. The summed E-state index contributed by atoms with van der Waals surface area (Å²) < 4.78 is 5.50. The van der Waals surface area contributed by atoms with Gasteiger partial charge in [-0.15, -0.1) is 16.4 Å². The van der Waals surface area contributed by atoms with Crippen LogP contribution < -0.4 is 10.1 Å². The van der Waals surface area contributed by atoms with Crippen LogP contribution in [0, 0.1) is 0 Å². The lowest BCUT2D eigenvalue weighted by Gasteiger charge is -1.97. The van der Waals surface area contributed by atoms with Crippen LogP contribution in [0.25, 0.3) is 0 Å². The van der Waals surface area contributed by atoms with Crippen LogP contribution in [-0.2, 0) is 13.2 Å². The smallest absolute Gasteiger partial charge is 0.294 e. The largest absolute Gasteiger partial charge is 0.463 e. The third kappa shape index (κ3) is 2.98. The van der Waals surface area contributed by atoms with Gasteiger partial charge in [0.25, 0.3) is 5.19 Å². The van der Waals surface area contributed by atoms with Gasteiger partial charge in [-0.05, 0) is 18.5 Å². The molecule has 0 amide bonds. The van der Waals surface area contributed by atoms with Crippen LogP contribution in [0.5, 0.6) is 5.19 Å². The molecule has 4 nitrogen and oxygen atoms in total. The van der Waals surface area contributed by atoms with E-state index in [0.29, 0.717) is 11.8 Å². The van der Waals surface area contributed by atoms with Crippen molar-refractivity contribution in [2.75, 3.05) is 7.05 Å². The van der Waals surface area contributed by atoms with Gasteiger partial charge in [0, 0.05) is 11.4 Å². The fourth-order valence-corrected chi connectivity index (χ4v) is 2.36. The van der Waals surface area contributed by atoms with Crippen molar-refractivity contribution in [1.29, 1.82) is 0 Å². The highest BCUT2D eigenvalue weighted by Crippen LogP contribution is 2.19. The van der Waals surface area contributed by atoms with Gasteiger partial charge in [0.1, 0.15) is 11.6 Å². The van der Waals surface area contributed by atoms with Crippen molar-refractivity contribution in [2.24, 2.45) is 0 Å². The maximum atomic E-state index is 5.50.